The summed E-state index contributed by atoms with van der Waals surface area (Å²) in [6.07, 6.45) is 6.63. The van der Waals surface area contributed by atoms with Gasteiger partial charge in [0, 0.05) is 29.3 Å². The first-order valence-corrected chi connectivity index (χ1v) is 11.6. The maximum Gasteiger partial charge on any atom is 0.123 e. The molecule has 1 aliphatic rings. The minimum absolute atomic E-state index is 0.643. The summed E-state index contributed by atoms with van der Waals surface area (Å²) in [5.41, 5.74) is 10.2. The SMILES string of the molecule is NCCCOc1ccc(-c2cnc3ccccc3c2)cc1CNCC1CCCNCC1. The first-order valence-electron chi connectivity index (χ1n) is 11.6. The van der Waals surface area contributed by atoms with Crippen molar-refractivity contribution in [3.05, 3.63) is 60.3 Å². The fourth-order valence-corrected chi connectivity index (χ4v) is 4.24. The number of benzene rings is 2. The molecule has 0 amide bonds. The average Bonchev–Trinajstić information content (AvgIpc) is 3.08. The molecule has 1 saturated heterocycles. The van der Waals surface area contributed by atoms with Crippen molar-refractivity contribution in [2.45, 2.75) is 32.2 Å². The molecule has 1 fully saturated rings. The summed E-state index contributed by atoms with van der Waals surface area (Å²) in [5, 5.41) is 8.35. The van der Waals surface area contributed by atoms with Crippen molar-refractivity contribution >= 4 is 10.9 Å². The zero-order valence-corrected chi connectivity index (χ0v) is 18.3. The van der Waals surface area contributed by atoms with Gasteiger partial charge in [-0.1, -0.05) is 24.3 Å². The summed E-state index contributed by atoms with van der Waals surface area (Å²) >= 11 is 0. The Balaban J connectivity index is 1.51. The molecular formula is C26H34N4O. The van der Waals surface area contributed by atoms with Gasteiger partial charge in [-0.25, -0.2) is 0 Å². The van der Waals surface area contributed by atoms with Crippen molar-refractivity contribution in [2.24, 2.45) is 11.7 Å². The number of nitrogens with two attached hydrogens (primary N) is 1. The molecule has 2 aromatic carbocycles. The number of fused-ring (bicyclic) bond motifs is 1. The zero-order valence-electron chi connectivity index (χ0n) is 18.3. The molecule has 31 heavy (non-hydrogen) atoms. The molecule has 3 aromatic rings. The topological polar surface area (TPSA) is 72.2 Å². The van der Waals surface area contributed by atoms with Gasteiger partial charge in [0.25, 0.3) is 0 Å². The van der Waals surface area contributed by atoms with Crippen LogP contribution in [0.1, 0.15) is 31.2 Å². The van der Waals surface area contributed by atoms with Gasteiger partial charge in [0.2, 0.25) is 0 Å². The zero-order chi connectivity index (χ0) is 21.3. The second kappa shape index (κ2) is 11.2. The van der Waals surface area contributed by atoms with Crippen molar-refractivity contribution in [1.82, 2.24) is 15.6 Å². The van der Waals surface area contributed by atoms with Crippen molar-refractivity contribution in [3.63, 3.8) is 0 Å². The maximum absolute atomic E-state index is 6.06. The van der Waals surface area contributed by atoms with E-state index in [4.69, 9.17) is 10.5 Å². The number of para-hydroxylation sites is 1. The first kappa shape index (κ1) is 21.8. The fraction of sp³-hybridized carbons (Fsp3) is 0.423. The summed E-state index contributed by atoms with van der Waals surface area (Å²) < 4.78 is 6.06. The molecule has 0 aliphatic carbocycles. The summed E-state index contributed by atoms with van der Waals surface area (Å²) in [6, 6.07) is 16.9. The number of nitrogens with one attached hydrogen (secondary N) is 2. The summed E-state index contributed by atoms with van der Waals surface area (Å²) in [6.45, 7) is 5.42. The molecule has 0 bridgehead atoms. The van der Waals surface area contributed by atoms with E-state index in [2.05, 4.69) is 52.0 Å². The predicted octanol–water partition coefficient (Wildman–Crippen LogP) is 4.11. The quantitative estimate of drug-likeness (QED) is 0.456. The standard InChI is InChI=1S/C26H34N4O/c27-11-4-14-31-26-9-8-21(23-16-22-6-1-2-7-25(22)30-19-23)15-24(26)18-29-17-20-5-3-12-28-13-10-20/h1-2,6-9,15-16,19-20,28-29H,3-5,10-14,17-18,27H2. The van der Waals surface area contributed by atoms with Gasteiger partial charge in [-0.05, 0) is 87.6 Å². The normalized spacial score (nSPS) is 16.9. The lowest BCUT2D eigenvalue weighted by atomic mass is 10.00. The van der Waals surface area contributed by atoms with Crippen LogP contribution < -0.4 is 21.1 Å². The Kier molecular flexibility index (Phi) is 7.88. The van der Waals surface area contributed by atoms with Gasteiger partial charge in [0.15, 0.2) is 0 Å². The van der Waals surface area contributed by atoms with Crippen molar-refractivity contribution < 1.29 is 4.74 Å². The minimum atomic E-state index is 0.643. The second-order valence-corrected chi connectivity index (χ2v) is 8.41. The molecule has 1 atom stereocenters. The Morgan fingerprint density at radius 1 is 1.06 bits per heavy atom. The third kappa shape index (κ3) is 6.03. The van der Waals surface area contributed by atoms with Crippen LogP contribution in [0.3, 0.4) is 0 Å². The summed E-state index contributed by atoms with van der Waals surface area (Å²) in [7, 11) is 0. The molecule has 0 spiro atoms. The van der Waals surface area contributed by atoms with Crippen molar-refractivity contribution in [3.8, 4) is 16.9 Å². The predicted molar refractivity (Wildman–Crippen MR) is 128 cm³/mol. The molecule has 0 saturated carbocycles. The summed E-state index contributed by atoms with van der Waals surface area (Å²) in [5.74, 6) is 1.69. The number of pyridine rings is 1. The van der Waals surface area contributed by atoms with E-state index >= 15 is 0 Å². The van der Waals surface area contributed by atoms with E-state index in [9.17, 15) is 0 Å². The number of rotatable bonds is 9. The molecule has 1 unspecified atom stereocenters. The highest BCUT2D eigenvalue weighted by Crippen LogP contribution is 2.28. The molecule has 1 aromatic heterocycles. The Hall–Kier alpha value is -2.47. The number of aromatic nitrogens is 1. The second-order valence-electron chi connectivity index (χ2n) is 8.41. The third-order valence-electron chi connectivity index (χ3n) is 6.03. The highest BCUT2D eigenvalue weighted by atomic mass is 16.5. The molecule has 5 nitrogen and oxygen atoms in total. The summed E-state index contributed by atoms with van der Waals surface area (Å²) in [4.78, 5) is 4.64. The van der Waals surface area contributed by atoms with E-state index in [1.807, 2.05) is 18.3 Å². The van der Waals surface area contributed by atoms with Gasteiger partial charge in [0.05, 0.1) is 12.1 Å². The molecule has 1 aliphatic heterocycles. The lowest BCUT2D eigenvalue weighted by molar-refractivity contribution is 0.309. The monoisotopic (exact) mass is 418 g/mol. The van der Waals surface area contributed by atoms with Crippen LogP contribution in [0.2, 0.25) is 0 Å². The smallest absolute Gasteiger partial charge is 0.123 e. The van der Waals surface area contributed by atoms with Gasteiger partial charge in [-0.3, -0.25) is 4.98 Å². The van der Waals surface area contributed by atoms with Gasteiger partial charge >= 0.3 is 0 Å². The molecule has 5 heteroatoms. The van der Waals surface area contributed by atoms with Crippen molar-refractivity contribution in [1.29, 1.82) is 0 Å². The molecule has 2 heterocycles. The largest absolute Gasteiger partial charge is 0.493 e. The van der Waals surface area contributed by atoms with Gasteiger partial charge < -0.3 is 21.1 Å². The van der Waals surface area contributed by atoms with Crippen LogP contribution in [0.15, 0.2) is 54.7 Å². The maximum atomic E-state index is 6.06. The van der Waals surface area contributed by atoms with Crippen LogP contribution in [0, 0.1) is 5.92 Å². The number of ether oxygens (including phenoxy) is 1. The molecule has 0 radical (unpaired) electrons. The van der Waals surface area contributed by atoms with E-state index in [1.54, 1.807) is 0 Å². The van der Waals surface area contributed by atoms with Crippen LogP contribution in [0.5, 0.6) is 5.75 Å². The van der Waals surface area contributed by atoms with E-state index in [1.165, 1.54) is 30.4 Å². The Morgan fingerprint density at radius 3 is 2.94 bits per heavy atom. The lowest BCUT2D eigenvalue weighted by Gasteiger charge is -2.17. The molecule has 4 N–H and O–H groups in total. The minimum Gasteiger partial charge on any atom is -0.493 e. The van der Waals surface area contributed by atoms with E-state index in [-0.39, 0.29) is 0 Å². The van der Waals surface area contributed by atoms with Crippen LogP contribution in [0.25, 0.3) is 22.0 Å². The van der Waals surface area contributed by atoms with Crippen LogP contribution >= 0.6 is 0 Å². The fourth-order valence-electron chi connectivity index (χ4n) is 4.24. The Labute approximate surface area is 185 Å². The van der Waals surface area contributed by atoms with E-state index in [0.29, 0.717) is 13.2 Å². The first-order chi connectivity index (χ1) is 15.3. The van der Waals surface area contributed by atoms with Crippen LogP contribution in [0.4, 0.5) is 0 Å². The highest BCUT2D eigenvalue weighted by Gasteiger charge is 2.13. The van der Waals surface area contributed by atoms with Gasteiger partial charge in [-0.15, -0.1) is 0 Å². The molecule has 4 rings (SSSR count). The van der Waals surface area contributed by atoms with E-state index in [0.717, 1.165) is 60.7 Å². The third-order valence-corrected chi connectivity index (χ3v) is 6.03. The van der Waals surface area contributed by atoms with E-state index < -0.39 is 0 Å². The molecule has 164 valence electrons. The lowest BCUT2D eigenvalue weighted by Crippen LogP contribution is -2.24. The molecular weight excluding hydrogens is 384 g/mol. The van der Waals surface area contributed by atoms with Gasteiger partial charge in [-0.2, -0.15) is 0 Å². The highest BCUT2D eigenvalue weighted by molar-refractivity contribution is 5.83. The van der Waals surface area contributed by atoms with Crippen LogP contribution in [-0.2, 0) is 6.54 Å². The number of hydrogen-bond donors (Lipinski definition) is 3. The number of hydrogen-bond acceptors (Lipinski definition) is 5. The average molecular weight is 419 g/mol. The Morgan fingerprint density at radius 2 is 2.00 bits per heavy atom. The Bertz CT molecular complexity index is 967. The number of nitrogens with zero attached hydrogens (tertiary/aromatic N) is 1. The van der Waals surface area contributed by atoms with Crippen LogP contribution in [-0.4, -0.2) is 37.8 Å². The van der Waals surface area contributed by atoms with Crippen molar-refractivity contribution in [2.75, 3.05) is 32.8 Å². The van der Waals surface area contributed by atoms with Gasteiger partial charge in [0.1, 0.15) is 5.75 Å².